The highest BCUT2D eigenvalue weighted by Gasteiger charge is 2.19. The highest BCUT2D eigenvalue weighted by Crippen LogP contribution is 2.29. The molecule has 0 spiro atoms. The summed E-state index contributed by atoms with van der Waals surface area (Å²) >= 11 is 6.37. The molecule has 0 bridgehead atoms. The first-order chi connectivity index (χ1) is 9.72. The number of ether oxygens (including phenoxy) is 1. The summed E-state index contributed by atoms with van der Waals surface area (Å²) in [5.41, 5.74) is 2.44. The maximum Gasteiger partial charge on any atom is 0.176 e. The molecule has 0 radical (unpaired) electrons. The van der Waals surface area contributed by atoms with Gasteiger partial charge in [-0.25, -0.2) is 4.68 Å². The van der Waals surface area contributed by atoms with E-state index in [1.54, 1.807) is 10.9 Å². The van der Waals surface area contributed by atoms with Crippen molar-refractivity contribution in [2.45, 2.75) is 45.3 Å². The molecule has 0 saturated heterocycles. The third-order valence-electron chi connectivity index (χ3n) is 3.75. The molecule has 106 valence electrons. The molecular formula is C16H19ClN2O. The molecule has 1 heterocycles. The van der Waals surface area contributed by atoms with E-state index in [4.69, 9.17) is 16.3 Å². The van der Waals surface area contributed by atoms with E-state index < -0.39 is 0 Å². The molecular weight excluding hydrogens is 272 g/mol. The van der Waals surface area contributed by atoms with Crippen LogP contribution in [0, 0.1) is 6.92 Å². The molecule has 0 atom stereocenters. The zero-order valence-corrected chi connectivity index (χ0v) is 12.4. The first kappa shape index (κ1) is 13.5. The van der Waals surface area contributed by atoms with Gasteiger partial charge in [-0.3, -0.25) is 0 Å². The average molecular weight is 291 g/mol. The highest BCUT2D eigenvalue weighted by molar-refractivity contribution is 6.31. The Hall–Kier alpha value is -1.48. The Morgan fingerprint density at radius 3 is 2.90 bits per heavy atom. The third kappa shape index (κ3) is 2.98. The summed E-state index contributed by atoms with van der Waals surface area (Å²) in [6.07, 6.45) is 6.79. The first-order valence-electron chi connectivity index (χ1n) is 7.16. The second-order valence-corrected chi connectivity index (χ2v) is 5.83. The maximum absolute atomic E-state index is 6.37. The fraction of sp³-hybridized carbons (Fsp3) is 0.438. The molecule has 1 aromatic heterocycles. The predicted molar refractivity (Wildman–Crippen MR) is 80.4 cm³/mol. The van der Waals surface area contributed by atoms with E-state index in [1.807, 2.05) is 0 Å². The van der Waals surface area contributed by atoms with Crippen molar-refractivity contribution in [1.82, 2.24) is 9.78 Å². The summed E-state index contributed by atoms with van der Waals surface area (Å²) in [6, 6.07) is 8.37. The van der Waals surface area contributed by atoms with Gasteiger partial charge in [-0.2, -0.15) is 5.10 Å². The van der Waals surface area contributed by atoms with E-state index in [0.717, 1.165) is 12.8 Å². The molecule has 1 aliphatic carbocycles. The number of aryl methyl sites for hydroxylation is 1. The van der Waals surface area contributed by atoms with Gasteiger partial charge in [-0.15, -0.1) is 0 Å². The molecule has 0 N–H and O–H groups in total. The van der Waals surface area contributed by atoms with Crippen molar-refractivity contribution in [3.05, 3.63) is 46.7 Å². The fourth-order valence-corrected chi connectivity index (χ4v) is 2.91. The van der Waals surface area contributed by atoms with Gasteiger partial charge in [0, 0.05) is 0 Å². The largest absolute Gasteiger partial charge is 0.486 e. The van der Waals surface area contributed by atoms with E-state index >= 15 is 0 Å². The van der Waals surface area contributed by atoms with Crippen LogP contribution >= 0.6 is 11.6 Å². The summed E-state index contributed by atoms with van der Waals surface area (Å²) in [5, 5.41) is 4.94. The molecule has 3 rings (SSSR count). The van der Waals surface area contributed by atoms with Gasteiger partial charge >= 0.3 is 0 Å². The second kappa shape index (κ2) is 5.88. The number of halogens is 1. The van der Waals surface area contributed by atoms with Crippen molar-refractivity contribution < 1.29 is 4.74 Å². The lowest BCUT2D eigenvalue weighted by atomic mass is 10.1. The number of nitrogens with zero attached hydrogens (tertiary/aromatic N) is 2. The maximum atomic E-state index is 6.37. The third-order valence-corrected chi connectivity index (χ3v) is 4.14. The van der Waals surface area contributed by atoms with Gasteiger partial charge in [-0.05, 0) is 38.2 Å². The molecule has 1 fully saturated rings. The van der Waals surface area contributed by atoms with Crippen molar-refractivity contribution in [3.63, 3.8) is 0 Å². The second-order valence-electron chi connectivity index (χ2n) is 5.47. The van der Waals surface area contributed by atoms with Gasteiger partial charge in [0.25, 0.3) is 0 Å². The first-order valence-corrected chi connectivity index (χ1v) is 7.53. The molecule has 3 nitrogen and oxygen atoms in total. The molecule has 0 amide bonds. The predicted octanol–water partition coefficient (Wildman–Crippen LogP) is 4.21. The molecule has 2 aromatic rings. The topological polar surface area (TPSA) is 27.1 Å². The summed E-state index contributed by atoms with van der Waals surface area (Å²) in [7, 11) is 0. The van der Waals surface area contributed by atoms with E-state index in [9.17, 15) is 0 Å². The molecule has 0 unspecified atom stereocenters. The van der Waals surface area contributed by atoms with E-state index in [-0.39, 0.29) is 0 Å². The zero-order chi connectivity index (χ0) is 13.9. The van der Waals surface area contributed by atoms with Crippen LogP contribution in [0.25, 0.3) is 0 Å². The molecule has 20 heavy (non-hydrogen) atoms. The monoisotopic (exact) mass is 290 g/mol. The van der Waals surface area contributed by atoms with Crippen molar-refractivity contribution in [2.24, 2.45) is 0 Å². The summed E-state index contributed by atoms with van der Waals surface area (Å²) in [5.74, 6) is 0.714. The van der Waals surface area contributed by atoms with Crippen LogP contribution < -0.4 is 4.74 Å². The van der Waals surface area contributed by atoms with E-state index in [2.05, 4.69) is 36.3 Å². The van der Waals surface area contributed by atoms with Crippen LogP contribution in [-0.4, -0.2) is 15.9 Å². The minimum atomic E-state index is 0.309. The zero-order valence-electron chi connectivity index (χ0n) is 11.7. The normalized spacial score (nSPS) is 15.7. The Kier molecular flexibility index (Phi) is 3.97. The molecule has 4 heteroatoms. The SMILES string of the molecule is Cc1cccc(Cn2ncc(OC3CCCC3)c2Cl)c1. The smallest absolute Gasteiger partial charge is 0.176 e. The summed E-state index contributed by atoms with van der Waals surface area (Å²) < 4.78 is 7.73. The van der Waals surface area contributed by atoms with E-state index in [1.165, 1.54) is 24.0 Å². The summed E-state index contributed by atoms with van der Waals surface area (Å²) in [6.45, 7) is 2.76. The van der Waals surface area contributed by atoms with Crippen LogP contribution in [0.3, 0.4) is 0 Å². The number of rotatable bonds is 4. The van der Waals surface area contributed by atoms with Crippen LogP contribution in [0.4, 0.5) is 0 Å². The van der Waals surface area contributed by atoms with Gasteiger partial charge in [0.15, 0.2) is 10.9 Å². The minimum absolute atomic E-state index is 0.309. The van der Waals surface area contributed by atoms with Gasteiger partial charge < -0.3 is 4.74 Å². The molecule has 1 aliphatic rings. The lowest BCUT2D eigenvalue weighted by Crippen LogP contribution is -2.10. The number of benzene rings is 1. The van der Waals surface area contributed by atoms with Crippen LogP contribution in [0.1, 0.15) is 36.8 Å². The van der Waals surface area contributed by atoms with Crippen LogP contribution in [0.5, 0.6) is 5.75 Å². The Morgan fingerprint density at radius 2 is 2.15 bits per heavy atom. The van der Waals surface area contributed by atoms with Crippen LogP contribution in [-0.2, 0) is 6.54 Å². The Morgan fingerprint density at radius 1 is 1.35 bits per heavy atom. The van der Waals surface area contributed by atoms with Crippen molar-refractivity contribution >= 4 is 11.6 Å². The van der Waals surface area contributed by atoms with Crippen molar-refractivity contribution in [2.75, 3.05) is 0 Å². The number of hydrogen-bond acceptors (Lipinski definition) is 2. The number of aromatic nitrogens is 2. The number of hydrogen-bond donors (Lipinski definition) is 0. The molecule has 0 aliphatic heterocycles. The van der Waals surface area contributed by atoms with E-state index in [0.29, 0.717) is 23.6 Å². The quantitative estimate of drug-likeness (QED) is 0.843. The van der Waals surface area contributed by atoms with Crippen molar-refractivity contribution in [1.29, 1.82) is 0 Å². The van der Waals surface area contributed by atoms with Crippen molar-refractivity contribution in [3.8, 4) is 5.75 Å². The summed E-state index contributed by atoms with van der Waals surface area (Å²) in [4.78, 5) is 0. The lowest BCUT2D eigenvalue weighted by molar-refractivity contribution is 0.210. The fourth-order valence-electron chi connectivity index (χ4n) is 2.71. The Balaban J connectivity index is 1.72. The highest BCUT2D eigenvalue weighted by atomic mass is 35.5. The van der Waals surface area contributed by atoms with Crippen LogP contribution in [0.2, 0.25) is 5.15 Å². The molecule has 1 saturated carbocycles. The molecule has 1 aromatic carbocycles. The van der Waals surface area contributed by atoms with Gasteiger partial charge in [0.1, 0.15) is 0 Å². The Labute approximate surface area is 124 Å². The van der Waals surface area contributed by atoms with Crippen LogP contribution in [0.15, 0.2) is 30.5 Å². The van der Waals surface area contributed by atoms with Gasteiger partial charge in [0.05, 0.1) is 18.8 Å². The minimum Gasteiger partial charge on any atom is -0.486 e. The standard InChI is InChI=1S/C16H19ClN2O/c1-12-5-4-6-13(9-12)11-19-16(17)15(10-18-19)20-14-7-2-3-8-14/h4-6,9-10,14H,2-3,7-8,11H2,1H3. The van der Waals surface area contributed by atoms with Gasteiger partial charge in [-0.1, -0.05) is 41.4 Å². The average Bonchev–Trinajstić information content (AvgIpc) is 3.04. The van der Waals surface area contributed by atoms with Gasteiger partial charge in [0.2, 0.25) is 0 Å². The lowest BCUT2D eigenvalue weighted by Gasteiger charge is -2.11. The Bertz CT molecular complexity index is 588.